The Bertz CT molecular complexity index is 407. The smallest absolute Gasteiger partial charge is 0.222 e. The highest BCUT2D eigenvalue weighted by atomic mass is 16.2. The van der Waals surface area contributed by atoms with E-state index in [4.69, 9.17) is 0 Å². The van der Waals surface area contributed by atoms with E-state index in [1.54, 1.807) is 0 Å². The third-order valence-electron chi connectivity index (χ3n) is 4.50. The first-order valence-electron chi connectivity index (χ1n) is 8.57. The molecular formula is C19H29NO. The van der Waals surface area contributed by atoms with E-state index in [1.165, 1.54) is 37.7 Å². The van der Waals surface area contributed by atoms with Crippen molar-refractivity contribution in [3.63, 3.8) is 0 Å². The Labute approximate surface area is 129 Å². The van der Waals surface area contributed by atoms with Gasteiger partial charge in [-0.1, -0.05) is 56.5 Å². The minimum atomic E-state index is 0.373. The van der Waals surface area contributed by atoms with Gasteiger partial charge in [0, 0.05) is 19.5 Å². The standard InChI is InChI=1S/C19H29NO/c1-17(12-13-18-10-6-5-7-11-18)16-19(21)20-14-8-3-2-4-9-15-20/h5-7,10-11,17H,2-4,8-9,12-16H2,1H3/t17-/m0/s1. The molecule has 21 heavy (non-hydrogen) atoms. The second kappa shape index (κ2) is 8.86. The molecule has 1 aromatic rings. The molecule has 2 nitrogen and oxygen atoms in total. The number of hydrogen-bond donors (Lipinski definition) is 0. The van der Waals surface area contributed by atoms with E-state index in [0.29, 0.717) is 18.2 Å². The molecule has 0 radical (unpaired) electrons. The fourth-order valence-corrected chi connectivity index (χ4v) is 3.08. The zero-order valence-corrected chi connectivity index (χ0v) is 13.4. The Morgan fingerprint density at radius 2 is 1.67 bits per heavy atom. The molecule has 1 amide bonds. The second-order valence-electron chi connectivity index (χ2n) is 6.48. The van der Waals surface area contributed by atoms with Gasteiger partial charge in [-0.05, 0) is 37.2 Å². The maximum atomic E-state index is 12.4. The molecule has 1 aliphatic rings. The summed E-state index contributed by atoms with van der Waals surface area (Å²) in [6.45, 7) is 4.17. The lowest BCUT2D eigenvalue weighted by atomic mass is 9.97. The molecule has 1 aliphatic heterocycles. The lowest BCUT2D eigenvalue weighted by molar-refractivity contribution is -0.132. The van der Waals surface area contributed by atoms with Crippen molar-refractivity contribution in [3.8, 4) is 0 Å². The Hall–Kier alpha value is -1.31. The van der Waals surface area contributed by atoms with Gasteiger partial charge in [0.15, 0.2) is 0 Å². The van der Waals surface area contributed by atoms with Crippen LogP contribution < -0.4 is 0 Å². The predicted molar refractivity (Wildman–Crippen MR) is 88.2 cm³/mol. The van der Waals surface area contributed by atoms with Crippen LogP contribution in [0.4, 0.5) is 0 Å². The number of nitrogens with zero attached hydrogens (tertiary/aromatic N) is 1. The molecule has 1 atom stereocenters. The van der Waals surface area contributed by atoms with Gasteiger partial charge < -0.3 is 4.90 Å². The van der Waals surface area contributed by atoms with Crippen molar-refractivity contribution in [1.82, 2.24) is 4.90 Å². The number of carbonyl (C=O) groups is 1. The molecule has 1 fully saturated rings. The van der Waals surface area contributed by atoms with E-state index >= 15 is 0 Å². The van der Waals surface area contributed by atoms with Crippen molar-refractivity contribution >= 4 is 5.91 Å². The summed E-state index contributed by atoms with van der Waals surface area (Å²) < 4.78 is 0. The molecule has 0 bridgehead atoms. The predicted octanol–water partition coefficient (Wildman–Crippen LogP) is 4.44. The van der Waals surface area contributed by atoms with Crippen LogP contribution in [-0.2, 0) is 11.2 Å². The van der Waals surface area contributed by atoms with E-state index in [-0.39, 0.29) is 0 Å². The highest BCUT2D eigenvalue weighted by molar-refractivity contribution is 5.76. The average molecular weight is 287 g/mol. The third-order valence-corrected chi connectivity index (χ3v) is 4.50. The van der Waals surface area contributed by atoms with E-state index in [0.717, 1.165) is 25.9 Å². The summed E-state index contributed by atoms with van der Waals surface area (Å²) in [6, 6.07) is 10.6. The highest BCUT2D eigenvalue weighted by Gasteiger charge is 2.17. The van der Waals surface area contributed by atoms with Crippen LogP contribution in [0.5, 0.6) is 0 Å². The van der Waals surface area contributed by atoms with Gasteiger partial charge in [0.25, 0.3) is 0 Å². The van der Waals surface area contributed by atoms with Gasteiger partial charge in [0.2, 0.25) is 5.91 Å². The molecule has 0 aliphatic carbocycles. The van der Waals surface area contributed by atoms with Gasteiger partial charge in [0.05, 0.1) is 0 Å². The maximum Gasteiger partial charge on any atom is 0.222 e. The van der Waals surface area contributed by atoms with Gasteiger partial charge in [-0.15, -0.1) is 0 Å². The normalized spacial score (nSPS) is 17.9. The monoisotopic (exact) mass is 287 g/mol. The second-order valence-corrected chi connectivity index (χ2v) is 6.48. The van der Waals surface area contributed by atoms with Crippen LogP contribution in [0.25, 0.3) is 0 Å². The summed E-state index contributed by atoms with van der Waals surface area (Å²) in [7, 11) is 0. The molecule has 1 heterocycles. The van der Waals surface area contributed by atoms with Crippen molar-refractivity contribution in [2.45, 2.75) is 58.3 Å². The number of hydrogen-bond acceptors (Lipinski definition) is 1. The summed E-state index contributed by atoms with van der Waals surface area (Å²) in [4.78, 5) is 14.5. The van der Waals surface area contributed by atoms with Gasteiger partial charge >= 0.3 is 0 Å². The quantitative estimate of drug-likeness (QED) is 0.784. The first-order chi connectivity index (χ1) is 10.3. The summed E-state index contributed by atoms with van der Waals surface area (Å²) in [6.07, 6.45) is 9.18. The molecule has 2 heteroatoms. The Morgan fingerprint density at radius 3 is 2.33 bits per heavy atom. The highest BCUT2D eigenvalue weighted by Crippen LogP contribution is 2.16. The number of aryl methyl sites for hydroxylation is 1. The number of carbonyl (C=O) groups excluding carboxylic acids is 1. The minimum absolute atomic E-state index is 0.373. The summed E-state index contributed by atoms with van der Waals surface area (Å²) >= 11 is 0. The molecule has 116 valence electrons. The van der Waals surface area contributed by atoms with Crippen molar-refractivity contribution in [3.05, 3.63) is 35.9 Å². The first kappa shape index (κ1) is 16.1. The lowest BCUT2D eigenvalue weighted by Crippen LogP contribution is -2.34. The van der Waals surface area contributed by atoms with Crippen molar-refractivity contribution in [2.24, 2.45) is 5.92 Å². The SMILES string of the molecule is C[C@@H](CCc1ccccc1)CC(=O)N1CCCCCCC1. The van der Waals surface area contributed by atoms with Crippen LogP contribution in [0.15, 0.2) is 30.3 Å². The minimum Gasteiger partial charge on any atom is -0.343 e. The van der Waals surface area contributed by atoms with Gasteiger partial charge in [0.1, 0.15) is 0 Å². The largest absolute Gasteiger partial charge is 0.343 e. The number of likely N-dealkylation sites (tertiary alicyclic amines) is 1. The molecule has 0 N–H and O–H groups in total. The van der Waals surface area contributed by atoms with Crippen LogP contribution in [0.1, 0.15) is 57.4 Å². The molecule has 2 rings (SSSR count). The first-order valence-corrected chi connectivity index (χ1v) is 8.57. The molecule has 1 saturated heterocycles. The third kappa shape index (κ3) is 5.91. The van der Waals surface area contributed by atoms with Crippen LogP contribution in [0, 0.1) is 5.92 Å². The van der Waals surface area contributed by atoms with E-state index in [9.17, 15) is 4.79 Å². The van der Waals surface area contributed by atoms with Crippen LogP contribution in [0.2, 0.25) is 0 Å². The van der Waals surface area contributed by atoms with Crippen LogP contribution >= 0.6 is 0 Å². The van der Waals surface area contributed by atoms with Gasteiger partial charge in [-0.2, -0.15) is 0 Å². The topological polar surface area (TPSA) is 20.3 Å². The van der Waals surface area contributed by atoms with E-state index in [1.807, 2.05) is 0 Å². The van der Waals surface area contributed by atoms with Crippen molar-refractivity contribution < 1.29 is 4.79 Å². The fraction of sp³-hybridized carbons (Fsp3) is 0.632. The molecule has 0 saturated carbocycles. The number of amides is 1. The summed E-state index contributed by atoms with van der Waals surface area (Å²) in [5, 5.41) is 0. The fourth-order valence-electron chi connectivity index (χ4n) is 3.08. The molecule has 0 aromatic heterocycles. The number of benzene rings is 1. The summed E-state index contributed by atoms with van der Waals surface area (Å²) in [5.41, 5.74) is 1.38. The van der Waals surface area contributed by atoms with Gasteiger partial charge in [-0.25, -0.2) is 0 Å². The zero-order valence-electron chi connectivity index (χ0n) is 13.4. The average Bonchev–Trinajstić information content (AvgIpc) is 2.45. The zero-order chi connectivity index (χ0) is 14.9. The Morgan fingerprint density at radius 1 is 1.05 bits per heavy atom. The maximum absolute atomic E-state index is 12.4. The van der Waals surface area contributed by atoms with Crippen molar-refractivity contribution in [2.75, 3.05) is 13.1 Å². The molecule has 1 aromatic carbocycles. The molecular weight excluding hydrogens is 258 g/mol. The van der Waals surface area contributed by atoms with Gasteiger partial charge in [-0.3, -0.25) is 4.79 Å². The van der Waals surface area contributed by atoms with Crippen molar-refractivity contribution in [1.29, 1.82) is 0 Å². The number of rotatable bonds is 5. The summed E-state index contributed by atoms with van der Waals surface area (Å²) in [5.74, 6) is 0.848. The van der Waals surface area contributed by atoms with E-state index < -0.39 is 0 Å². The van der Waals surface area contributed by atoms with Crippen LogP contribution in [0.3, 0.4) is 0 Å². The van der Waals surface area contributed by atoms with Crippen LogP contribution in [-0.4, -0.2) is 23.9 Å². The Balaban J connectivity index is 1.73. The Kier molecular flexibility index (Phi) is 6.78. The molecule has 0 unspecified atom stereocenters. The molecule has 0 spiro atoms. The lowest BCUT2D eigenvalue weighted by Gasteiger charge is -2.26. The van der Waals surface area contributed by atoms with E-state index in [2.05, 4.69) is 42.2 Å².